The lowest BCUT2D eigenvalue weighted by atomic mass is 10.1. The summed E-state index contributed by atoms with van der Waals surface area (Å²) in [7, 11) is 0. The summed E-state index contributed by atoms with van der Waals surface area (Å²) in [5.74, 6) is -3.02. The molecule has 0 aliphatic rings. The third-order valence-corrected chi connectivity index (χ3v) is 4.26. The maximum Gasteiger partial charge on any atom is 0.277 e. The number of aliphatic hydroxyl groups is 1. The second kappa shape index (κ2) is 8.28. The summed E-state index contributed by atoms with van der Waals surface area (Å²) in [6.07, 6.45) is 0. The molecule has 0 spiro atoms. The Morgan fingerprint density at radius 3 is 2.58 bits per heavy atom. The molecular formula is C18H19F2IN2O3. The van der Waals surface area contributed by atoms with E-state index in [1.54, 1.807) is 26.0 Å². The number of rotatable bonds is 6. The number of carbonyl (C=O) groups is 1. The Bertz CT molecular complexity index is 828. The van der Waals surface area contributed by atoms with Crippen molar-refractivity contribution in [2.24, 2.45) is 0 Å². The van der Waals surface area contributed by atoms with Crippen molar-refractivity contribution in [3.63, 3.8) is 0 Å². The molecule has 0 radical (unpaired) electrons. The van der Waals surface area contributed by atoms with Crippen LogP contribution in [0.15, 0.2) is 30.3 Å². The minimum Gasteiger partial charge on any atom is -0.393 e. The number of carbonyl (C=O) groups excluding carboxylic acids is 1. The monoisotopic (exact) mass is 476 g/mol. The van der Waals surface area contributed by atoms with E-state index < -0.39 is 23.1 Å². The number of nitrogens with one attached hydrogen (secondary N) is 2. The zero-order chi connectivity index (χ0) is 19.5. The predicted octanol–water partition coefficient (Wildman–Crippen LogP) is 4.05. The van der Waals surface area contributed by atoms with Crippen molar-refractivity contribution < 1.29 is 23.5 Å². The summed E-state index contributed by atoms with van der Waals surface area (Å²) < 4.78 is 29.1. The first-order valence-electron chi connectivity index (χ1n) is 7.75. The zero-order valence-electron chi connectivity index (χ0n) is 14.5. The molecule has 2 aromatic rings. The van der Waals surface area contributed by atoms with Crippen LogP contribution in [-0.4, -0.2) is 23.2 Å². The van der Waals surface area contributed by atoms with Gasteiger partial charge in [-0.3, -0.25) is 9.63 Å². The standard InChI is InChI=1S/C18H19F2IN2O3/c1-10-8-11(21)4-7-14(10)22-16-12(5-6-13(19)15(16)20)17(25)23-26-18(2,3)9-24/h4-8,22,24H,9H2,1-3H3,(H,23,25). The van der Waals surface area contributed by atoms with Gasteiger partial charge in [-0.05, 0) is 79.3 Å². The first-order chi connectivity index (χ1) is 12.1. The SMILES string of the molecule is Cc1cc(I)ccc1Nc1c(C(=O)NOC(C)(C)CO)ccc(F)c1F. The maximum absolute atomic E-state index is 14.4. The van der Waals surface area contributed by atoms with E-state index in [4.69, 9.17) is 9.94 Å². The summed E-state index contributed by atoms with van der Waals surface area (Å²) in [5.41, 5.74) is 2.07. The fourth-order valence-corrected chi connectivity index (χ4v) is 2.68. The smallest absolute Gasteiger partial charge is 0.277 e. The van der Waals surface area contributed by atoms with Crippen molar-refractivity contribution in [2.75, 3.05) is 11.9 Å². The molecule has 2 aromatic carbocycles. The normalized spacial score (nSPS) is 11.3. The molecule has 26 heavy (non-hydrogen) atoms. The molecule has 2 rings (SSSR count). The van der Waals surface area contributed by atoms with Crippen LogP contribution in [0.5, 0.6) is 0 Å². The second-order valence-electron chi connectivity index (χ2n) is 6.32. The highest BCUT2D eigenvalue weighted by Crippen LogP contribution is 2.29. The van der Waals surface area contributed by atoms with Gasteiger partial charge in [-0.2, -0.15) is 0 Å². The summed E-state index contributed by atoms with van der Waals surface area (Å²) in [6.45, 7) is 4.60. The predicted molar refractivity (Wildman–Crippen MR) is 103 cm³/mol. The molecule has 1 amide bonds. The van der Waals surface area contributed by atoms with Gasteiger partial charge in [0.25, 0.3) is 5.91 Å². The van der Waals surface area contributed by atoms with Crippen LogP contribution < -0.4 is 10.8 Å². The van der Waals surface area contributed by atoms with E-state index in [0.717, 1.165) is 21.3 Å². The maximum atomic E-state index is 14.4. The molecule has 0 atom stereocenters. The van der Waals surface area contributed by atoms with Gasteiger partial charge in [0.2, 0.25) is 0 Å². The fraction of sp³-hybridized carbons (Fsp3) is 0.278. The molecule has 0 unspecified atom stereocenters. The van der Waals surface area contributed by atoms with E-state index >= 15 is 0 Å². The molecule has 0 aliphatic heterocycles. The van der Waals surface area contributed by atoms with Crippen molar-refractivity contribution >= 4 is 39.9 Å². The highest BCUT2D eigenvalue weighted by atomic mass is 127. The van der Waals surface area contributed by atoms with Gasteiger partial charge in [0.05, 0.1) is 17.9 Å². The summed E-state index contributed by atoms with van der Waals surface area (Å²) in [4.78, 5) is 17.5. The van der Waals surface area contributed by atoms with Crippen molar-refractivity contribution in [1.29, 1.82) is 0 Å². The number of hydroxylamine groups is 1. The largest absolute Gasteiger partial charge is 0.393 e. The van der Waals surface area contributed by atoms with Gasteiger partial charge < -0.3 is 10.4 Å². The van der Waals surface area contributed by atoms with E-state index in [2.05, 4.69) is 33.4 Å². The second-order valence-corrected chi connectivity index (χ2v) is 7.56. The quantitative estimate of drug-likeness (QED) is 0.435. The molecule has 8 heteroatoms. The van der Waals surface area contributed by atoms with Gasteiger partial charge in [0.15, 0.2) is 11.6 Å². The van der Waals surface area contributed by atoms with E-state index in [9.17, 15) is 13.6 Å². The van der Waals surface area contributed by atoms with Crippen molar-refractivity contribution in [3.05, 3.63) is 56.7 Å². The van der Waals surface area contributed by atoms with E-state index in [-0.39, 0.29) is 17.9 Å². The van der Waals surface area contributed by atoms with Gasteiger partial charge in [-0.1, -0.05) is 0 Å². The molecule has 0 saturated carbocycles. The van der Waals surface area contributed by atoms with Crippen LogP contribution in [0.2, 0.25) is 0 Å². The third-order valence-electron chi connectivity index (χ3n) is 3.59. The number of aliphatic hydroxyl groups excluding tert-OH is 1. The number of benzene rings is 2. The minimum atomic E-state index is -1.17. The van der Waals surface area contributed by atoms with Gasteiger partial charge in [-0.15, -0.1) is 0 Å². The number of hydrogen-bond donors (Lipinski definition) is 3. The van der Waals surface area contributed by atoms with E-state index in [1.165, 1.54) is 0 Å². The Kier molecular flexibility index (Phi) is 6.53. The van der Waals surface area contributed by atoms with E-state index in [1.807, 2.05) is 13.0 Å². The van der Waals surface area contributed by atoms with Gasteiger partial charge in [0.1, 0.15) is 5.60 Å². The first kappa shape index (κ1) is 20.5. The molecule has 0 saturated heterocycles. The Hall–Kier alpha value is -1.78. The van der Waals surface area contributed by atoms with Crippen LogP contribution in [0, 0.1) is 22.1 Å². The summed E-state index contributed by atoms with van der Waals surface area (Å²) in [5, 5.41) is 11.9. The Labute approximate surface area is 163 Å². The molecule has 0 aromatic heterocycles. The van der Waals surface area contributed by atoms with Crippen LogP contribution >= 0.6 is 22.6 Å². The van der Waals surface area contributed by atoms with Gasteiger partial charge >= 0.3 is 0 Å². The molecule has 3 N–H and O–H groups in total. The Morgan fingerprint density at radius 2 is 1.96 bits per heavy atom. The lowest BCUT2D eigenvalue weighted by Crippen LogP contribution is -2.38. The van der Waals surface area contributed by atoms with Crippen LogP contribution in [0.4, 0.5) is 20.2 Å². The van der Waals surface area contributed by atoms with Gasteiger partial charge in [0, 0.05) is 9.26 Å². The first-order valence-corrected chi connectivity index (χ1v) is 8.83. The molecule has 0 fully saturated rings. The van der Waals surface area contributed by atoms with Gasteiger partial charge in [-0.25, -0.2) is 14.3 Å². The average Bonchev–Trinajstić information content (AvgIpc) is 2.59. The summed E-state index contributed by atoms with van der Waals surface area (Å²) >= 11 is 2.14. The summed E-state index contributed by atoms with van der Waals surface area (Å²) in [6, 6.07) is 7.42. The zero-order valence-corrected chi connectivity index (χ0v) is 16.6. The van der Waals surface area contributed by atoms with Crippen molar-refractivity contribution in [2.45, 2.75) is 26.4 Å². The minimum absolute atomic E-state index is 0.129. The van der Waals surface area contributed by atoms with Crippen LogP contribution in [0.25, 0.3) is 0 Å². The third kappa shape index (κ3) is 4.89. The molecule has 0 aliphatic carbocycles. The van der Waals surface area contributed by atoms with Crippen LogP contribution in [0.1, 0.15) is 29.8 Å². The molecular weight excluding hydrogens is 457 g/mol. The number of anilines is 2. The lowest BCUT2D eigenvalue weighted by molar-refractivity contribution is -0.0956. The Morgan fingerprint density at radius 1 is 1.27 bits per heavy atom. The fourth-order valence-electron chi connectivity index (χ4n) is 2.04. The van der Waals surface area contributed by atoms with Crippen molar-refractivity contribution in [1.82, 2.24) is 5.48 Å². The molecule has 0 heterocycles. The average molecular weight is 476 g/mol. The Balaban J connectivity index is 2.36. The lowest BCUT2D eigenvalue weighted by Gasteiger charge is -2.22. The number of hydrogen-bond acceptors (Lipinski definition) is 4. The highest BCUT2D eigenvalue weighted by Gasteiger charge is 2.23. The van der Waals surface area contributed by atoms with Crippen LogP contribution in [-0.2, 0) is 4.84 Å². The van der Waals surface area contributed by atoms with Crippen molar-refractivity contribution in [3.8, 4) is 0 Å². The topological polar surface area (TPSA) is 70.6 Å². The highest BCUT2D eigenvalue weighted by molar-refractivity contribution is 14.1. The molecule has 5 nitrogen and oxygen atoms in total. The molecule has 140 valence electrons. The number of aryl methyl sites for hydroxylation is 1. The molecule has 0 bridgehead atoms. The number of halogens is 3. The van der Waals surface area contributed by atoms with Crippen LogP contribution in [0.3, 0.4) is 0 Å². The number of amides is 1. The van der Waals surface area contributed by atoms with E-state index in [0.29, 0.717) is 5.69 Å².